The first-order chi connectivity index (χ1) is 8.77. The van der Waals surface area contributed by atoms with Crippen LogP contribution >= 0.6 is 0 Å². The molecule has 0 fully saturated rings. The summed E-state index contributed by atoms with van der Waals surface area (Å²) >= 11 is 0. The molecule has 0 atom stereocenters. The predicted molar refractivity (Wildman–Crippen MR) is 77.5 cm³/mol. The molecule has 2 nitrogen and oxygen atoms in total. The van der Waals surface area contributed by atoms with Gasteiger partial charge >= 0.3 is 5.97 Å². The number of esters is 1. The summed E-state index contributed by atoms with van der Waals surface area (Å²) in [5, 5.41) is 0. The zero-order valence-electron chi connectivity index (χ0n) is 12.0. The van der Waals surface area contributed by atoms with E-state index >= 15 is 0 Å². The van der Waals surface area contributed by atoms with Crippen molar-refractivity contribution in [2.24, 2.45) is 0 Å². The van der Waals surface area contributed by atoms with Crippen molar-refractivity contribution in [1.82, 2.24) is 0 Å². The average molecular weight is 252 g/mol. The lowest BCUT2D eigenvalue weighted by molar-refractivity contribution is -0.141. The predicted octanol–water partition coefficient (Wildman–Crippen LogP) is 4.80. The van der Waals surface area contributed by atoms with Crippen molar-refractivity contribution in [3.63, 3.8) is 0 Å². The van der Waals surface area contributed by atoms with E-state index in [0.717, 1.165) is 19.3 Å². The Hall–Kier alpha value is -1.05. The molecule has 0 spiro atoms. The van der Waals surface area contributed by atoms with Crippen molar-refractivity contribution >= 4 is 5.97 Å². The third-order valence-electron chi connectivity index (χ3n) is 2.60. The molecule has 0 aromatic rings. The van der Waals surface area contributed by atoms with Gasteiger partial charge in [-0.1, -0.05) is 37.6 Å². The van der Waals surface area contributed by atoms with E-state index in [1.54, 1.807) is 0 Å². The Balaban J connectivity index is 3.16. The Morgan fingerprint density at radius 2 is 1.39 bits per heavy atom. The first kappa shape index (κ1) is 16.9. The minimum atomic E-state index is -0.185. The van der Waals surface area contributed by atoms with Crippen molar-refractivity contribution in [3.8, 4) is 0 Å². The van der Waals surface area contributed by atoms with Gasteiger partial charge in [-0.15, -0.1) is 0 Å². The highest BCUT2D eigenvalue weighted by Crippen LogP contribution is 2.03. The molecule has 18 heavy (non-hydrogen) atoms. The van der Waals surface area contributed by atoms with Crippen molar-refractivity contribution in [2.75, 3.05) is 6.61 Å². The smallest absolute Gasteiger partial charge is 0.302 e. The van der Waals surface area contributed by atoms with Gasteiger partial charge in [-0.2, -0.15) is 0 Å². The summed E-state index contributed by atoms with van der Waals surface area (Å²) in [7, 11) is 0. The molecule has 0 aliphatic rings. The Morgan fingerprint density at radius 1 is 0.889 bits per heavy atom. The van der Waals surface area contributed by atoms with Crippen LogP contribution < -0.4 is 0 Å². The summed E-state index contributed by atoms with van der Waals surface area (Å²) in [6, 6.07) is 0. The standard InChI is InChI=1S/C16H28O2/c1-3-4-5-6-7-8-9-10-11-12-13-14-15-18-16(2)17/h5-6,11-12H,3-4,7-10,13-15H2,1-2H3/b6-5?,12-11-. The summed E-state index contributed by atoms with van der Waals surface area (Å²) in [6.07, 6.45) is 18.3. The van der Waals surface area contributed by atoms with Crippen LogP contribution in [0.15, 0.2) is 24.3 Å². The Bertz CT molecular complexity index is 241. The highest BCUT2D eigenvalue weighted by atomic mass is 16.5. The molecule has 0 saturated carbocycles. The van der Waals surface area contributed by atoms with E-state index in [-0.39, 0.29) is 5.97 Å². The average Bonchev–Trinajstić information content (AvgIpc) is 2.34. The maximum Gasteiger partial charge on any atom is 0.302 e. The van der Waals surface area contributed by atoms with Gasteiger partial charge in [-0.25, -0.2) is 0 Å². The van der Waals surface area contributed by atoms with Gasteiger partial charge in [0, 0.05) is 6.92 Å². The molecule has 104 valence electrons. The maximum atomic E-state index is 10.5. The second kappa shape index (κ2) is 14.0. The summed E-state index contributed by atoms with van der Waals surface area (Å²) in [5.41, 5.74) is 0. The van der Waals surface area contributed by atoms with Crippen molar-refractivity contribution in [3.05, 3.63) is 24.3 Å². The Kier molecular flexibility index (Phi) is 13.2. The number of allylic oxidation sites excluding steroid dienone is 4. The van der Waals surface area contributed by atoms with Gasteiger partial charge in [0.15, 0.2) is 0 Å². The molecule has 0 heterocycles. The lowest BCUT2D eigenvalue weighted by Gasteiger charge is -1.98. The number of unbranched alkanes of at least 4 members (excludes halogenated alkanes) is 5. The maximum absolute atomic E-state index is 10.5. The third-order valence-corrected chi connectivity index (χ3v) is 2.60. The van der Waals surface area contributed by atoms with Crippen LogP contribution in [-0.4, -0.2) is 12.6 Å². The molecular weight excluding hydrogens is 224 g/mol. The zero-order valence-corrected chi connectivity index (χ0v) is 12.0. The summed E-state index contributed by atoms with van der Waals surface area (Å²) in [6.45, 7) is 4.20. The van der Waals surface area contributed by atoms with E-state index in [4.69, 9.17) is 4.74 Å². The number of ether oxygens (including phenoxy) is 1. The van der Waals surface area contributed by atoms with Crippen LogP contribution in [0.1, 0.15) is 65.2 Å². The fraction of sp³-hybridized carbons (Fsp3) is 0.688. The number of carbonyl (C=O) groups is 1. The SMILES string of the molecule is CCCC=CCCCC/C=C\CCCOC(C)=O. The lowest BCUT2D eigenvalue weighted by atomic mass is 10.1. The van der Waals surface area contributed by atoms with Crippen LogP contribution in [0.3, 0.4) is 0 Å². The summed E-state index contributed by atoms with van der Waals surface area (Å²) < 4.78 is 4.85. The Labute approximate surface area is 112 Å². The molecule has 2 heteroatoms. The van der Waals surface area contributed by atoms with Gasteiger partial charge < -0.3 is 4.74 Å². The van der Waals surface area contributed by atoms with Gasteiger partial charge in [0.05, 0.1) is 6.61 Å². The van der Waals surface area contributed by atoms with Crippen LogP contribution in [0.4, 0.5) is 0 Å². The molecular formula is C16H28O2. The fourth-order valence-corrected chi connectivity index (χ4v) is 1.58. The molecule has 0 unspecified atom stereocenters. The van der Waals surface area contributed by atoms with Gasteiger partial charge in [-0.05, 0) is 44.9 Å². The molecule has 0 aromatic carbocycles. The highest BCUT2D eigenvalue weighted by molar-refractivity contribution is 5.65. The summed E-state index contributed by atoms with van der Waals surface area (Å²) in [4.78, 5) is 10.5. The first-order valence-corrected chi connectivity index (χ1v) is 7.20. The van der Waals surface area contributed by atoms with Gasteiger partial charge in [0.25, 0.3) is 0 Å². The fourth-order valence-electron chi connectivity index (χ4n) is 1.58. The molecule has 0 radical (unpaired) electrons. The molecule has 0 amide bonds. The molecule has 0 saturated heterocycles. The molecule has 0 aromatic heterocycles. The first-order valence-electron chi connectivity index (χ1n) is 7.20. The molecule has 0 N–H and O–H groups in total. The molecule has 0 bridgehead atoms. The van der Waals surface area contributed by atoms with E-state index in [1.807, 2.05) is 0 Å². The second-order valence-corrected chi connectivity index (χ2v) is 4.50. The molecule has 0 aliphatic carbocycles. The van der Waals surface area contributed by atoms with E-state index < -0.39 is 0 Å². The van der Waals surface area contributed by atoms with Crippen molar-refractivity contribution in [2.45, 2.75) is 65.2 Å². The zero-order chi connectivity index (χ0) is 13.5. The van der Waals surface area contributed by atoms with E-state index in [9.17, 15) is 4.79 Å². The number of rotatable bonds is 11. The van der Waals surface area contributed by atoms with Crippen molar-refractivity contribution in [1.29, 1.82) is 0 Å². The third kappa shape index (κ3) is 14.9. The van der Waals surface area contributed by atoms with Crippen LogP contribution in [0.25, 0.3) is 0 Å². The lowest BCUT2D eigenvalue weighted by Crippen LogP contribution is -1.99. The number of hydrogen-bond acceptors (Lipinski definition) is 2. The Morgan fingerprint density at radius 3 is 1.89 bits per heavy atom. The van der Waals surface area contributed by atoms with Crippen LogP contribution in [0.2, 0.25) is 0 Å². The van der Waals surface area contributed by atoms with E-state index in [2.05, 4.69) is 31.2 Å². The number of hydrogen-bond donors (Lipinski definition) is 0. The van der Waals surface area contributed by atoms with Crippen molar-refractivity contribution < 1.29 is 9.53 Å². The van der Waals surface area contributed by atoms with Gasteiger partial charge in [0.1, 0.15) is 0 Å². The van der Waals surface area contributed by atoms with Crippen LogP contribution in [-0.2, 0) is 9.53 Å². The monoisotopic (exact) mass is 252 g/mol. The normalized spacial score (nSPS) is 11.4. The van der Waals surface area contributed by atoms with Crippen LogP contribution in [0.5, 0.6) is 0 Å². The number of carbonyl (C=O) groups excluding carboxylic acids is 1. The largest absolute Gasteiger partial charge is 0.466 e. The van der Waals surface area contributed by atoms with Crippen LogP contribution in [0, 0.1) is 0 Å². The highest BCUT2D eigenvalue weighted by Gasteiger charge is 1.90. The minimum Gasteiger partial charge on any atom is -0.466 e. The van der Waals surface area contributed by atoms with E-state index in [1.165, 1.54) is 39.0 Å². The molecule has 0 aliphatic heterocycles. The van der Waals surface area contributed by atoms with E-state index in [0.29, 0.717) is 6.61 Å². The molecule has 0 rings (SSSR count). The second-order valence-electron chi connectivity index (χ2n) is 4.50. The van der Waals surface area contributed by atoms with Gasteiger partial charge in [-0.3, -0.25) is 4.79 Å². The quantitative estimate of drug-likeness (QED) is 0.300. The van der Waals surface area contributed by atoms with Gasteiger partial charge in [0.2, 0.25) is 0 Å². The minimum absolute atomic E-state index is 0.185. The topological polar surface area (TPSA) is 26.3 Å². The summed E-state index contributed by atoms with van der Waals surface area (Å²) in [5.74, 6) is -0.185.